The lowest BCUT2D eigenvalue weighted by atomic mass is 9.91. The average molecular weight is 451 g/mol. The zero-order valence-corrected chi connectivity index (χ0v) is 14.7. The second-order valence-corrected chi connectivity index (χ2v) is 7.63. The number of nitrogens with two attached hydrogens (primary N) is 1. The van der Waals surface area contributed by atoms with Crippen molar-refractivity contribution < 1.29 is 34.9 Å². The van der Waals surface area contributed by atoms with Crippen molar-refractivity contribution in [3.05, 3.63) is 22.4 Å². The van der Waals surface area contributed by atoms with E-state index in [2.05, 4.69) is 5.10 Å². The summed E-state index contributed by atoms with van der Waals surface area (Å²) in [5.41, 5.74) is 3.91. The summed E-state index contributed by atoms with van der Waals surface area (Å²) in [5.74, 6) is -9.79. The summed E-state index contributed by atoms with van der Waals surface area (Å²) in [5, 5.41) is -0.482. The second-order valence-electron chi connectivity index (χ2n) is 5.16. The molecule has 1 aromatic rings. The molecule has 3 N–H and O–H groups in total. The predicted octanol–water partition coefficient (Wildman–Crippen LogP) is 2.17. The van der Waals surface area contributed by atoms with Gasteiger partial charge in [-0.3, -0.25) is 4.55 Å². The monoisotopic (exact) mass is 450 g/mol. The van der Waals surface area contributed by atoms with Gasteiger partial charge in [0.15, 0.2) is 5.69 Å². The maximum Gasteiger partial charge on any atom is 0.354 e. The van der Waals surface area contributed by atoms with Crippen LogP contribution in [0.4, 0.5) is 27.8 Å². The first-order valence-electron chi connectivity index (χ1n) is 6.29. The first-order chi connectivity index (χ1) is 12.0. The Balaban J connectivity index is 3.00. The van der Waals surface area contributed by atoms with Crippen LogP contribution in [0, 0.1) is 23.7 Å². The van der Waals surface area contributed by atoms with Crippen molar-refractivity contribution in [1.82, 2.24) is 9.78 Å². The third kappa shape index (κ3) is 2.29. The highest BCUT2D eigenvalue weighted by Crippen LogP contribution is 2.63. The van der Waals surface area contributed by atoms with Crippen LogP contribution in [-0.2, 0) is 15.9 Å². The van der Waals surface area contributed by atoms with E-state index in [9.17, 15) is 26.0 Å². The molecule has 0 radical (unpaired) electrons. The van der Waals surface area contributed by atoms with E-state index >= 15 is 4.39 Å². The minimum absolute atomic E-state index is 0.440. The van der Waals surface area contributed by atoms with E-state index in [1.807, 2.05) is 0 Å². The smallest absolute Gasteiger partial charge is 0.354 e. The largest absolute Gasteiger partial charge is 0.383 e. The molecule has 0 spiro atoms. The Morgan fingerprint density at radius 2 is 1.85 bits per heavy atom. The number of nitrogen functional groups attached to an aromatic ring is 1. The summed E-state index contributed by atoms with van der Waals surface area (Å²) in [7, 11) is -6.41. The molecule has 0 saturated heterocycles. The van der Waals surface area contributed by atoms with Crippen LogP contribution in [0.3, 0.4) is 0 Å². The van der Waals surface area contributed by atoms with E-state index in [0.717, 1.165) is 0 Å². The molecular formula is C12H5Cl2F5N4O3S. The number of alkyl halides is 6. The summed E-state index contributed by atoms with van der Waals surface area (Å²) >= 11 is 10.3. The third-order valence-corrected chi connectivity index (χ3v) is 5.68. The van der Waals surface area contributed by atoms with Crippen molar-refractivity contribution in [3.63, 3.8) is 0 Å². The maximum absolute atomic E-state index is 15.4. The summed E-state index contributed by atoms with van der Waals surface area (Å²) in [6.07, 6.45) is 4.22. The van der Waals surface area contributed by atoms with Crippen LogP contribution in [0.5, 0.6) is 0 Å². The summed E-state index contributed by atoms with van der Waals surface area (Å²) < 4.78 is 104. The van der Waals surface area contributed by atoms with E-state index in [0.29, 0.717) is 0 Å². The molecule has 0 amide bonds. The van der Waals surface area contributed by atoms with Gasteiger partial charge in [0, 0.05) is 0 Å². The van der Waals surface area contributed by atoms with E-state index in [-0.39, 0.29) is 0 Å². The Hall–Kier alpha value is -2.06. The summed E-state index contributed by atoms with van der Waals surface area (Å²) in [6.45, 7) is 0. The van der Waals surface area contributed by atoms with Crippen LogP contribution < -0.4 is 5.73 Å². The van der Waals surface area contributed by atoms with Gasteiger partial charge in [0.2, 0.25) is 0 Å². The first kappa shape index (κ1) is 21.2. The Morgan fingerprint density at radius 1 is 1.33 bits per heavy atom. The molecule has 3 unspecified atom stereocenters. The van der Waals surface area contributed by atoms with Gasteiger partial charge in [-0.1, -0.05) is 29.1 Å². The topological polar surface area (TPSA) is 122 Å². The molecule has 0 saturated carbocycles. The highest BCUT2D eigenvalue weighted by Gasteiger charge is 2.84. The van der Waals surface area contributed by atoms with Crippen molar-refractivity contribution >= 4 is 39.1 Å². The van der Waals surface area contributed by atoms with E-state index in [1.54, 1.807) is 5.92 Å². The Bertz CT molecular complexity index is 1060. The fraction of sp³-hybridized carbons (Fsp3) is 0.333. The molecule has 27 heavy (non-hydrogen) atoms. The number of rotatable bonds is 2. The van der Waals surface area contributed by atoms with Gasteiger partial charge in [0.05, 0.1) is 5.03 Å². The summed E-state index contributed by atoms with van der Waals surface area (Å²) in [6, 6.07) is 1.32. The van der Waals surface area contributed by atoms with Gasteiger partial charge in [-0.2, -0.15) is 27.6 Å². The van der Waals surface area contributed by atoms with Crippen molar-refractivity contribution in [3.8, 4) is 18.4 Å². The number of halogens is 7. The number of nitrogens with zero attached hydrogens (tertiary/aromatic N) is 3. The third-order valence-electron chi connectivity index (χ3n) is 3.71. The molecule has 146 valence electrons. The van der Waals surface area contributed by atoms with E-state index < -0.39 is 64.8 Å². The average Bonchev–Trinajstić information content (AvgIpc) is 2.87. The summed E-state index contributed by atoms with van der Waals surface area (Å²) in [4.78, 5) is 0. The van der Waals surface area contributed by atoms with E-state index in [4.69, 9.17) is 45.2 Å². The highest BCUT2D eigenvalue weighted by molar-refractivity contribution is 7.87. The molecule has 1 aliphatic carbocycles. The van der Waals surface area contributed by atoms with Crippen LogP contribution >= 0.6 is 23.2 Å². The minimum atomic E-state index is -6.41. The van der Waals surface area contributed by atoms with Crippen molar-refractivity contribution in [2.45, 2.75) is 21.8 Å². The molecule has 0 bridgehead atoms. The molecule has 0 fully saturated rings. The van der Waals surface area contributed by atoms with Gasteiger partial charge in [-0.15, -0.1) is 6.42 Å². The highest BCUT2D eigenvalue weighted by atomic mass is 35.5. The molecule has 2 rings (SSSR count). The van der Waals surface area contributed by atoms with Crippen LogP contribution in [0.25, 0.3) is 0 Å². The van der Waals surface area contributed by atoms with Crippen LogP contribution in [0.1, 0.15) is 11.3 Å². The van der Waals surface area contributed by atoms with Crippen LogP contribution in [0.15, 0.2) is 11.1 Å². The van der Waals surface area contributed by atoms with Gasteiger partial charge >= 0.3 is 26.2 Å². The number of nitriles is 1. The lowest BCUT2D eigenvalue weighted by Gasteiger charge is -2.46. The zero-order chi connectivity index (χ0) is 21.2. The zero-order valence-electron chi connectivity index (χ0n) is 12.4. The molecule has 0 aliphatic heterocycles. The molecule has 1 heterocycles. The molecule has 7 nitrogen and oxygen atoms in total. The Kier molecular flexibility index (Phi) is 4.50. The molecule has 3 atom stereocenters. The van der Waals surface area contributed by atoms with E-state index in [1.165, 1.54) is 6.07 Å². The van der Waals surface area contributed by atoms with Gasteiger partial charge in [-0.25, -0.2) is 17.9 Å². The first-order valence-corrected chi connectivity index (χ1v) is 8.49. The fourth-order valence-electron chi connectivity index (χ4n) is 2.28. The number of anilines is 1. The normalized spacial score (nSPS) is 33.0. The second kappa shape index (κ2) is 5.72. The molecular weight excluding hydrogens is 446 g/mol. The molecule has 1 aromatic heterocycles. The number of hydrogen-bond acceptors (Lipinski definition) is 5. The van der Waals surface area contributed by atoms with Gasteiger partial charge in [0.1, 0.15) is 17.5 Å². The number of allylic oxidation sites excluding steroid dienone is 1. The number of terminal acetylenes is 1. The van der Waals surface area contributed by atoms with Crippen molar-refractivity contribution in [2.24, 2.45) is 0 Å². The molecule has 1 aliphatic rings. The maximum atomic E-state index is 15.4. The SMILES string of the molecule is C#Cc1c(C#N)nn(C2(F)C(Cl)=CC(F)(S(=O)(=O)O)C(F)(F)C2(F)Cl)c1N. The Labute approximate surface area is 157 Å². The fourth-order valence-corrected chi connectivity index (χ4v) is 3.86. The lowest BCUT2D eigenvalue weighted by molar-refractivity contribution is -0.216. The molecule has 15 heteroatoms. The Morgan fingerprint density at radius 3 is 2.22 bits per heavy atom. The molecule has 0 aromatic carbocycles. The van der Waals surface area contributed by atoms with Gasteiger partial charge in [0.25, 0.3) is 5.79 Å². The van der Waals surface area contributed by atoms with Crippen LogP contribution in [0.2, 0.25) is 0 Å². The van der Waals surface area contributed by atoms with Crippen LogP contribution in [-0.4, -0.2) is 38.8 Å². The number of hydrogen-bond donors (Lipinski definition) is 2. The standard InChI is InChI=1S/C12H5Cl2F5N4O3S/c1-2-5-6(4-20)22-23(8(5)21)10(16)7(13)3-9(15,27(24,25)26)12(18,19)11(10,14)17/h1,3H,21H2,(H,24,25,26). The van der Waals surface area contributed by atoms with Gasteiger partial charge < -0.3 is 5.73 Å². The van der Waals surface area contributed by atoms with Crippen molar-refractivity contribution in [2.75, 3.05) is 5.73 Å². The van der Waals surface area contributed by atoms with Gasteiger partial charge in [-0.05, 0) is 6.08 Å². The quantitative estimate of drug-likeness (QED) is 0.308. The minimum Gasteiger partial charge on any atom is -0.383 e. The lowest BCUT2D eigenvalue weighted by Crippen LogP contribution is -2.69. The van der Waals surface area contributed by atoms with Crippen molar-refractivity contribution in [1.29, 1.82) is 5.26 Å². The number of aromatic nitrogens is 2. The predicted molar refractivity (Wildman–Crippen MR) is 82.3 cm³/mol.